The number of hydrogen-bond acceptors (Lipinski definition) is 4. The van der Waals surface area contributed by atoms with Crippen molar-refractivity contribution in [1.29, 1.82) is 0 Å². The summed E-state index contributed by atoms with van der Waals surface area (Å²) in [4.78, 5) is 33.4. The van der Waals surface area contributed by atoms with Gasteiger partial charge in [0.15, 0.2) is 0 Å². The smallest absolute Gasteiger partial charge is 0.338 e. The predicted octanol–water partition coefficient (Wildman–Crippen LogP) is 1.24. The summed E-state index contributed by atoms with van der Waals surface area (Å²) in [6.45, 7) is 1.67. The van der Waals surface area contributed by atoms with Crippen molar-refractivity contribution < 1.29 is 19.5 Å². The third kappa shape index (κ3) is 4.93. The molecule has 4 N–H and O–H groups in total. The Kier molecular flexibility index (Phi) is 6.05. The molecule has 0 aromatic heterocycles. The van der Waals surface area contributed by atoms with Crippen molar-refractivity contribution in [3.8, 4) is 0 Å². The van der Waals surface area contributed by atoms with E-state index in [9.17, 15) is 14.4 Å². The van der Waals surface area contributed by atoms with Gasteiger partial charge in [0.05, 0.1) is 17.0 Å². The second-order valence-electron chi connectivity index (χ2n) is 4.12. The molecule has 0 saturated heterocycles. The Morgan fingerprint density at radius 3 is 2.65 bits per heavy atom. The molecule has 2 amide bonds. The lowest BCUT2D eigenvalue weighted by molar-refractivity contribution is -0.116. The van der Waals surface area contributed by atoms with Gasteiger partial charge in [-0.1, -0.05) is 12.1 Å². The third-order valence-electron chi connectivity index (χ3n) is 2.48. The number of aromatic carboxylic acids is 1. The van der Waals surface area contributed by atoms with Gasteiger partial charge in [-0.3, -0.25) is 9.59 Å². The van der Waals surface area contributed by atoms with Crippen molar-refractivity contribution in [2.45, 2.75) is 13.3 Å². The second-order valence-corrected chi connectivity index (χ2v) is 5.22. The van der Waals surface area contributed by atoms with Crippen LogP contribution in [0, 0.1) is 6.92 Å². The van der Waals surface area contributed by atoms with Crippen molar-refractivity contribution in [3.63, 3.8) is 0 Å². The van der Waals surface area contributed by atoms with Gasteiger partial charge in [-0.2, -0.15) is 11.8 Å². The van der Waals surface area contributed by atoms with E-state index in [-0.39, 0.29) is 29.3 Å². The number of nitrogens with two attached hydrogens (primary N) is 1. The monoisotopic (exact) mass is 296 g/mol. The standard InChI is InChI=1S/C13H16N2O4S/c1-8-3-2-4-9(12(8)13(18)19)15-11(17)5-6-20-7-10(14)16/h2-4H,5-7H2,1H3,(H2,14,16)(H,15,17)(H,18,19). The molecule has 20 heavy (non-hydrogen) atoms. The average molecular weight is 296 g/mol. The third-order valence-corrected chi connectivity index (χ3v) is 3.46. The van der Waals surface area contributed by atoms with Crippen LogP contribution < -0.4 is 11.1 Å². The van der Waals surface area contributed by atoms with Crippen LogP contribution in [0.25, 0.3) is 0 Å². The number of aryl methyl sites for hydroxylation is 1. The molecule has 6 nitrogen and oxygen atoms in total. The largest absolute Gasteiger partial charge is 0.478 e. The number of carboxylic acids is 1. The number of thioether (sulfide) groups is 1. The summed E-state index contributed by atoms with van der Waals surface area (Å²) in [5.74, 6) is -1.19. The first-order valence-electron chi connectivity index (χ1n) is 5.90. The average Bonchev–Trinajstić information content (AvgIpc) is 2.34. The van der Waals surface area contributed by atoms with Crippen molar-refractivity contribution in [2.75, 3.05) is 16.8 Å². The zero-order chi connectivity index (χ0) is 15.1. The Labute approximate surface area is 120 Å². The predicted molar refractivity (Wildman–Crippen MR) is 77.9 cm³/mol. The summed E-state index contributed by atoms with van der Waals surface area (Å²) in [7, 11) is 0. The van der Waals surface area contributed by atoms with Gasteiger partial charge in [-0.05, 0) is 18.6 Å². The minimum absolute atomic E-state index is 0.0886. The molecular formula is C13H16N2O4S. The fraction of sp³-hybridized carbons (Fsp3) is 0.308. The number of hydrogen-bond donors (Lipinski definition) is 3. The highest BCUT2D eigenvalue weighted by molar-refractivity contribution is 7.99. The SMILES string of the molecule is Cc1cccc(NC(=O)CCSCC(N)=O)c1C(=O)O. The molecule has 0 aliphatic carbocycles. The summed E-state index contributed by atoms with van der Waals surface area (Å²) in [6.07, 6.45) is 0.185. The fourth-order valence-corrected chi connectivity index (χ4v) is 2.28. The molecule has 0 heterocycles. The van der Waals surface area contributed by atoms with E-state index in [1.165, 1.54) is 11.8 Å². The van der Waals surface area contributed by atoms with Gasteiger partial charge in [-0.25, -0.2) is 4.79 Å². The van der Waals surface area contributed by atoms with Crippen molar-refractivity contribution >= 4 is 35.2 Å². The number of carboxylic acid groups (broad SMARTS) is 1. The van der Waals surface area contributed by atoms with Gasteiger partial charge in [0.2, 0.25) is 11.8 Å². The van der Waals surface area contributed by atoms with E-state index < -0.39 is 11.9 Å². The topological polar surface area (TPSA) is 109 Å². The zero-order valence-corrected chi connectivity index (χ0v) is 11.8. The van der Waals surface area contributed by atoms with Gasteiger partial charge < -0.3 is 16.2 Å². The lowest BCUT2D eigenvalue weighted by Crippen LogP contribution is -2.17. The van der Waals surface area contributed by atoms with E-state index in [0.717, 1.165) is 0 Å². The highest BCUT2D eigenvalue weighted by Gasteiger charge is 2.14. The number of carbonyl (C=O) groups is 3. The molecule has 0 radical (unpaired) electrons. The van der Waals surface area contributed by atoms with E-state index in [0.29, 0.717) is 11.3 Å². The minimum Gasteiger partial charge on any atom is -0.478 e. The van der Waals surface area contributed by atoms with Gasteiger partial charge in [0, 0.05) is 12.2 Å². The van der Waals surface area contributed by atoms with Crippen molar-refractivity contribution in [3.05, 3.63) is 29.3 Å². The number of carbonyl (C=O) groups excluding carboxylic acids is 2. The van der Waals surface area contributed by atoms with E-state index in [4.69, 9.17) is 10.8 Å². The summed E-state index contributed by atoms with van der Waals surface area (Å²) in [5.41, 5.74) is 5.93. The van der Waals surface area contributed by atoms with Crippen LogP contribution in [0.2, 0.25) is 0 Å². The first-order chi connectivity index (χ1) is 9.41. The molecule has 0 saturated carbocycles. The molecule has 0 aliphatic heterocycles. The van der Waals surface area contributed by atoms with E-state index in [1.807, 2.05) is 0 Å². The van der Waals surface area contributed by atoms with Crippen LogP contribution in [0.4, 0.5) is 5.69 Å². The number of rotatable bonds is 7. The summed E-state index contributed by atoms with van der Waals surface area (Å²) in [6, 6.07) is 4.89. The van der Waals surface area contributed by atoms with E-state index in [2.05, 4.69) is 5.32 Å². The molecular weight excluding hydrogens is 280 g/mol. The number of primary amides is 1. The van der Waals surface area contributed by atoms with E-state index >= 15 is 0 Å². The van der Waals surface area contributed by atoms with Crippen LogP contribution >= 0.6 is 11.8 Å². The van der Waals surface area contributed by atoms with Crippen LogP contribution in [-0.4, -0.2) is 34.4 Å². The molecule has 108 valence electrons. The van der Waals surface area contributed by atoms with Crippen LogP contribution in [0.3, 0.4) is 0 Å². The Bertz CT molecular complexity index is 531. The molecule has 0 spiro atoms. The fourth-order valence-electron chi connectivity index (χ4n) is 1.61. The Hall–Kier alpha value is -2.02. The molecule has 0 fully saturated rings. The van der Waals surface area contributed by atoms with Crippen LogP contribution in [-0.2, 0) is 9.59 Å². The second kappa shape index (κ2) is 7.54. The Balaban J connectivity index is 2.60. The van der Waals surface area contributed by atoms with Gasteiger partial charge >= 0.3 is 5.97 Å². The molecule has 0 atom stereocenters. The number of benzene rings is 1. The van der Waals surface area contributed by atoms with E-state index in [1.54, 1.807) is 25.1 Å². The highest BCUT2D eigenvalue weighted by Crippen LogP contribution is 2.19. The summed E-state index contributed by atoms with van der Waals surface area (Å²) < 4.78 is 0. The number of nitrogens with one attached hydrogen (secondary N) is 1. The molecule has 1 aromatic carbocycles. The van der Waals surface area contributed by atoms with Crippen LogP contribution in [0.5, 0.6) is 0 Å². The van der Waals surface area contributed by atoms with Crippen LogP contribution in [0.15, 0.2) is 18.2 Å². The highest BCUT2D eigenvalue weighted by atomic mass is 32.2. The number of anilines is 1. The maximum absolute atomic E-state index is 11.7. The first kappa shape index (κ1) is 16.0. The Morgan fingerprint density at radius 2 is 2.05 bits per heavy atom. The van der Waals surface area contributed by atoms with Crippen LogP contribution in [0.1, 0.15) is 22.3 Å². The lowest BCUT2D eigenvalue weighted by Gasteiger charge is -2.10. The summed E-state index contributed by atoms with van der Waals surface area (Å²) in [5, 5.41) is 11.7. The molecule has 7 heteroatoms. The van der Waals surface area contributed by atoms with Gasteiger partial charge in [0.25, 0.3) is 0 Å². The van der Waals surface area contributed by atoms with Gasteiger partial charge in [0.1, 0.15) is 0 Å². The van der Waals surface area contributed by atoms with Crippen molar-refractivity contribution in [2.24, 2.45) is 5.73 Å². The Morgan fingerprint density at radius 1 is 1.35 bits per heavy atom. The maximum Gasteiger partial charge on any atom is 0.338 e. The lowest BCUT2D eigenvalue weighted by atomic mass is 10.1. The molecule has 0 aliphatic rings. The summed E-state index contributed by atoms with van der Waals surface area (Å²) >= 11 is 1.26. The minimum atomic E-state index is -1.08. The van der Waals surface area contributed by atoms with Crippen molar-refractivity contribution in [1.82, 2.24) is 0 Å². The molecule has 1 rings (SSSR count). The number of amides is 2. The molecule has 0 unspecified atom stereocenters. The van der Waals surface area contributed by atoms with Gasteiger partial charge in [-0.15, -0.1) is 0 Å². The maximum atomic E-state index is 11.7. The normalized spacial score (nSPS) is 10.1. The molecule has 0 bridgehead atoms. The first-order valence-corrected chi connectivity index (χ1v) is 7.06. The zero-order valence-electron chi connectivity index (χ0n) is 11.0. The quantitative estimate of drug-likeness (QED) is 0.656. The molecule has 1 aromatic rings.